The van der Waals surface area contributed by atoms with Gasteiger partial charge in [-0.1, -0.05) is 109 Å². The van der Waals surface area contributed by atoms with Crippen LogP contribution in [0.15, 0.2) is 115 Å². The Morgan fingerprint density at radius 2 is 1.23 bits per heavy atom. The number of carbonyl (C=O) groups excluding carboxylic acids is 2. The van der Waals surface area contributed by atoms with Crippen molar-refractivity contribution in [2.45, 2.75) is 23.5 Å². The monoisotopic (exact) mass is 478 g/mol. The van der Waals surface area contributed by atoms with Crippen LogP contribution >= 0.6 is 11.8 Å². The maximum absolute atomic E-state index is 12.2. The van der Waals surface area contributed by atoms with Gasteiger partial charge in [0, 0.05) is 6.92 Å². The van der Waals surface area contributed by atoms with Gasteiger partial charge in [-0.25, -0.2) is 5.01 Å². The fourth-order valence-electron chi connectivity index (χ4n) is 4.39. The lowest BCUT2D eigenvalue weighted by molar-refractivity contribution is -0.151. The molecule has 3 aromatic rings. The van der Waals surface area contributed by atoms with Crippen molar-refractivity contribution in [2.75, 3.05) is 0 Å². The van der Waals surface area contributed by atoms with Gasteiger partial charge in [-0.2, -0.15) is 0 Å². The van der Waals surface area contributed by atoms with E-state index in [2.05, 4.69) is 66.1 Å². The molecule has 0 saturated carbocycles. The molecule has 0 spiro atoms. The van der Waals surface area contributed by atoms with E-state index in [0.717, 1.165) is 16.7 Å². The summed E-state index contributed by atoms with van der Waals surface area (Å²) in [5, 5.41) is 1.29. The third kappa shape index (κ3) is 4.73. The Kier molecular flexibility index (Phi) is 6.43. The summed E-state index contributed by atoms with van der Waals surface area (Å²) in [5.74, 6) is -0.311. The number of carbonyl (C=O) groups is 2. The van der Waals surface area contributed by atoms with Crippen LogP contribution < -0.4 is 5.43 Å². The van der Waals surface area contributed by atoms with Crippen LogP contribution in [-0.2, 0) is 14.3 Å². The van der Waals surface area contributed by atoms with Crippen molar-refractivity contribution in [2.24, 2.45) is 0 Å². The Morgan fingerprint density at radius 1 is 0.771 bits per heavy atom. The number of hydrogen-bond acceptors (Lipinski definition) is 3. The molecule has 5 heteroatoms. The van der Waals surface area contributed by atoms with Crippen LogP contribution in [0.1, 0.15) is 30.0 Å². The quantitative estimate of drug-likeness (QED) is 0.241. The zero-order valence-corrected chi connectivity index (χ0v) is 20.2. The molecule has 1 saturated heterocycles. The number of nitrogens with zero attached hydrogens (tertiary/aromatic N) is 1. The Labute approximate surface area is 210 Å². The molecule has 0 radical (unpaired) electrons. The summed E-state index contributed by atoms with van der Waals surface area (Å²) in [6.45, 7) is 1.42. The summed E-state index contributed by atoms with van der Waals surface area (Å²) < 4.78 is -0.522. The number of β-lactam (4-membered cyclic amide) rings is 1. The first-order valence-corrected chi connectivity index (χ1v) is 12.5. The molecule has 35 heavy (non-hydrogen) atoms. The highest BCUT2D eigenvalue weighted by molar-refractivity contribution is 8.01. The zero-order chi connectivity index (χ0) is 24.3. The summed E-state index contributed by atoms with van der Waals surface area (Å²) in [6, 6.07) is 39.4. The maximum Gasteiger partial charge on any atom is 0.245 e. The van der Waals surface area contributed by atoms with E-state index < -0.39 is 4.75 Å². The van der Waals surface area contributed by atoms with Gasteiger partial charge >= 0.3 is 0 Å². The van der Waals surface area contributed by atoms with Gasteiger partial charge in [-0.15, -0.1) is 11.8 Å². The summed E-state index contributed by atoms with van der Waals surface area (Å²) >= 11 is 1.68. The van der Waals surface area contributed by atoms with Gasteiger partial charge in [-0.3, -0.25) is 15.0 Å². The molecule has 1 N–H and O–H groups in total. The first-order chi connectivity index (χ1) is 17.1. The number of fused-ring (bicyclic) bond motifs is 1. The molecule has 174 valence electrons. The van der Waals surface area contributed by atoms with Crippen LogP contribution in [0.25, 0.3) is 11.1 Å². The van der Waals surface area contributed by atoms with Crippen LogP contribution in [0.3, 0.4) is 0 Å². The van der Waals surface area contributed by atoms with Gasteiger partial charge in [0.2, 0.25) is 11.8 Å². The lowest BCUT2D eigenvalue weighted by atomic mass is 9.84. The second-order valence-electron chi connectivity index (χ2n) is 8.57. The predicted molar refractivity (Wildman–Crippen MR) is 141 cm³/mol. The molecule has 1 atom stereocenters. The van der Waals surface area contributed by atoms with Crippen molar-refractivity contribution in [1.82, 2.24) is 10.4 Å². The number of hydrogen-bond donors (Lipinski definition) is 1. The van der Waals surface area contributed by atoms with Gasteiger partial charge in [-0.05, 0) is 33.9 Å². The zero-order valence-electron chi connectivity index (χ0n) is 19.4. The maximum atomic E-state index is 12.2. The van der Waals surface area contributed by atoms with Gasteiger partial charge < -0.3 is 0 Å². The van der Waals surface area contributed by atoms with Gasteiger partial charge in [0.25, 0.3) is 0 Å². The highest BCUT2D eigenvalue weighted by Gasteiger charge is 2.46. The summed E-state index contributed by atoms with van der Waals surface area (Å²) in [4.78, 5) is 23.8. The molecule has 0 aromatic heterocycles. The predicted octanol–water partition coefficient (Wildman–Crippen LogP) is 5.99. The number of amides is 2. The minimum absolute atomic E-state index is 0.0687. The van der Waals surface area contributed by atoms with Crippen molar-refractivity contribution in [1.29, 1.82) is 0 Å². The molecule has 0 bridgehead atoms. The van der Waals surface area contributed by atoms with Crippen molar-refractivity contribution in [3.63, 3.8) is 0 Å². The van der Waals surface area contributed by atoms with E-state index in [4.69, 9.17) is 0 Å². The molecule has 1 aliphatic heterocycles. The normalized spacial score (nSPS) is 15.4. The van der Waals surface area contributed by atoms with E-state index in [1.807, 2.05) is 54.6 Å². The average Bonchev–Trinajstić information content (AvgIpc) is 3.51. The Balaban J connectivity index is 0.000000362. The largest absolute Gasteiger partial charge is 0.274 e. The summed E-state index contributed by atoms with van der Waals surface area (Å²) in [7, 11) is 0. The number of rotatable bonds is 6. The summed E-state index contributed by atoms with van der Waals surface area (Å²) in [6.07, 6.45) is 0.388. The van der Waals surface area contributed by atoms with E-state index in [9.17, 15) is 9.59 Å². The fraction of sp³-hybridized carbons (Fsp3) is 0.133. The third-order valence-electron chi connectivity index (χ3n) is 6.15. The minimum atomic E-state index is -0.522. The molecule has 6 rings (SSSR count). The molecule has 3 aliphatic rings. The molecule has 3 aromatic carbocycles. The highest BCUT2D eigenvalue weighted by Crippen LogP contribution is 2.52. The number of benzene rings is 4. The standard InChI is InChI=1S/C24H22N2O2S.C6H4/c1-18(27)25-26-22(28)17-23(26)29-24(19-11-5-2-6-12-19,20-13-7-3-8-14-20)21-15-9-4-10-16-21;1-2-5-4-6(5)3-1/h2-16,23H,17H2,1H3,(H,25,27);1-4H/t23-;/m1./s1. The molecule has 1 fully saturated rings. The van der Waals surface area contributed by atoms with E-state index in [0.29, 0.717) is 6.42 Å². The fourth-order valence-corrected chi connectivity index (χ4v) is 6.11. The highest BCUT2D eigenvalue weighted by atomic mass is 32.2. The Morgan fingerprint density at radius 3 is 1.54 bits per heavy atom. The molecule has 2 amide bonds. The van der Waals surface area contributed by atoms with Crippen molar-refractivity contribution < 1.29 is 9.59 Å². The second kappa shape index (κ2) is 9.80. The third-order valence-corrected chi connectivity index (χ3v) is 7.86. The smallest absolute Gasteiger partial charge is 0.245 e. The first-order valence-electron chi connectivity index (χ1n) is 11.6. The Hall–Kier alpha value is -3.83. The number of nitrogens with one attached hydrogen (secondary N) is 1. The molecular formula is C30H26N2O2S. The number of thioether (sulfide) groups is 1. The number of hydrazine groups is 1. The lowest BCUT2D eigenvalue weighted by Gasteiger charge is -2.45. The van der Waals surface area contributed by atoms with Crippen molar-refractivity contribution in [3.8, 4) is 11.1 Å². The van der Waals surface area contributed by atoms with Gasteiger partial charge in [0.1, 0.15) is 5.37 Å². The lowest BCUT2D eigenvalue weighted by Crippen LogP contribution is -2.60. The molecule has 0 unspecified atom stereocenters. The second-order valence-corrected chi connectivity index (χ2v) is 9.96. The van der Waals surface area contributed by atoms with Crippen LogP contribution in [0.4, 0.5) is 0 Å². The average molecular weight is 479 g/mol. The SMILES string of the molecule is CC(=O)NN1C(=O)C[C@H]1SC(c1ccccc1)(c1ccccc1)c1ccccc1.c1cc2cc-2c1. The van der Waals surface area contributed by atoms with E-state index >= 15 is 0 Å². The van der Waals surface area contributed by atoms with Crippen molar-refractivity contribution in [3.05, 3.63) is 132 Å². The van der Waals surface area contributed by atoms with Crippen LogP contribution in [0.5, 0.6) is 0 Å². The van der Waals surface area contributed by atoms with Crippen LogP contribution in [-0.4, -0.2) is 22.2 Å². The van der Waals surface area contributed by atoms with Gasteiger partial charge in [0.05, 0.1) is 11.2 Å². The van der Waals surface area contributed by atoms with E-state index in [1.54, 1.807) is 11.8 Å². The van der Waals surface area contributed by atoms with Gasteiger partial charge in [0.15, 0.2) is 0 Å². The summed E-state index contributed by atoms with van der Waals surface area (Å²) in [5.41, 5.74) is 8.92. The molecular weight excluding hydrogens is 452 g/mol. The first kappa shape index (κ1) is 22.9. The van der Waals surface area contributed by atoms with Crippen molar-refractivity contribution >= 4 is 23.6 Å². The topological polar surface area (TPSA) is 49.4 Å². The molecule has 4 nitrogen and oxygen atoms in total. The van der Waals surface area contributed by atoms with Crippen LogP contribution in [0.2, 0.25) is 0 Å². The van der Waals surface area contributed by atoms with Crippen LogP contribution in [0, 0.1) is 0 Å². The molecule has 2 aliphatic carbocycles. The minimum Gasteiger partial charge on any atom is -0.274 e. The molecule has 1 heterocycles. The van der Waals surface area contributed by atoms with E-state index in [-0.39, 0.29) is 17.2 Å². The van der Waals surface area contributed by atoms with E-state index in [1.165, 1.54) is 23.1 Å². The Bertz CT molecular complexity index is 1210.